The summed E-state index contributed by atoms with van der Waals surface area (Å²) in [5, 5.41) is 18.3. The van der Waals surface area contributed by atoms with E-state index in [1.165, 1.54) is 23.2 Å². The first-order valence-corrected chi connectivity index (χ1v) is 11.5. The lowest BCUT2D eigenvalue weighted by Gasteiger charge is -2.37. The average molecular weight is 443 g/mol. The highest BCUT2D eigenvalue weighted by Gasteiger charge is 2.40. The first-order chi connectivity index (χ1) is 16.1. The van der Waals surface area contributed by atoms with Gasteiger partial charge in [-0.25, -0.2) is 0 Å². The first-order valence-electron chi connectivity index (χ1n) is 11.5. The number of benzene rings is 3. The molecule has 170 valence electrons. The summed E-state index contributed by atoms with van der Waals surface area (Å²) in [7, 11) is 0.778. The van der Waals surface area contributed by atoms with Crippen LogP contribution in [0.5, 0.6) is 0 Å². The molecule has 1 fully saturated rings. The minimum Gasteiger partial charge on any atom is -0.423 e. The minimum absolute atomic E-state index is 0.381. The van der Waals surface area contributed by atoms with Crippen LogP contribution in [0.2, 0.25) is 0 Å². The van der Waals surface area contributed by atoms with Gasteiger partial charge in [-0.15, -0.1) is 0 Å². The van der Waals surface area contributed by atoms with Gasteiger partial charge in [0, 0.05) is 30.7 Å². The van der Waals surface area contributed by atoms with E-state index in [-0.39, 0.29) is 0 Å². The molecule has 3 N–H and O–H groups in total. The van der Waals surface area contributed by atoms with Crippen LogP contribution in [0, 0.1) is 0 Å². The zero-order valence-electron chi connectivity index (χ0n) is 18.9. The Balaban J connectivity index is 1.19. The number of nitrogens with zero attached hydrogens (tertiary/aromatic N) is 2. The van der Waals surface area contributed by atoms with E-state index in [1.807, 2.05) is 12.1 Å². The van der Waals surface area contributed by atoms with Crippen LogP contribution in [-0.4, -0.2) is 48.2 Å². The number of rotatable bonds is 7. The second-order valence-electron chi connectivity index (χ2n) is 9.11. The maximum atomic E-state index is 9.17. The molecule has 0 aromatic heterocycles. The predicted octanol–water partition coefficient (Wildman–Crippen LogP) is 2.72. The largest absolute Gasteiger partial charge is 0.488 e. The van der Waals surface area contributed by atoms with Crippen molar-refractivity contribution in [3.8, 4) is 0 Å². The molecule has 6 nitrogen and oxygen atoms in total. The van der Waals surface area contributed by atoms with Gasteiger partial charge in [-0.05, 0) is 60.4 Å². The quantitative estimate of drug-likeness (QED) is 0.386. The summed E-state index contributed by atoms with van der Waals surface area (Å²) in [6.07, 6.45) is 1.20. The van der Waals surface area contributed by atoms with E-state index in [0.717, 1.165) is 30.9 Å². The van der Waals surface area contributed by atoms with Crippen molar-refractivity contribution in [2.24, 2.45) is 0 Å². The number of fused-ring (bicyclic) bond motifs is 3. The number of likely N-dealkylation sites (N-methyl/N-ethyl adjacent to an activating group) is 1. The molecule has 2 atom stereocenters. The van der Waals surface area contributed by atoms with E-state index in [0.29, 0.717) is 24.0 Å². The lowest BCUT2D eigenvalue weighted by molar-refractivity contribution is 0.180. The van der Waals surface area contributed by atoms with Gasteiger partial charge in [0.05, 0.1) is 12.3 Å². The van der Waals surface area contributed by atoms with Crippen LogP contribution in [0.3, 0.4) is 0 Å². The van der Waals surface area contributed by atoms with Crippen molar-refractivity contribution in [2.75, 3.05) is 30.5 Å². The number of para-hydroxylation sites is 1. The third-order valence-electron chi connectivity index (χ3n) is 6.84. The second kappa shape index (κ2) is 9.57. The fraction of sp³-hybridized carbons (Fsp3) is 0.308. The van der Waals surface area contributed by atoms with Crippen LogP contribution in [0.15, 0.2) is 72.8 Å². The second-order valence-corrected chi connectivity index (χ2v) is 9.11. The lowest BCUT2D eigenvalue weighted by atomic mass is 9.80. The fourth-order valence-electron chi connectivity index (χ4n) is 5.09. The highest BCUT2D eigenvalue weighted by Crippen LogP contribution is 2.45. The third-order valence-corrected chi connectivity index (χ3v) is 6.84. The van der Waals surface area contributed by atoms with Crippen molar-refractivity contribution in [3.05, 3.63) is 89.5 Å². The molecule has 3 aromatic carbocycles. The van der Waals surface area contributed by atoms with Crippen molar-refractivity contribution in [1.29, 1.82) is 0 Å². The van der Waals surface area contributed by atoms with Gasteiger partial charge in [-0.1, -0.05) is 54.6 Å². The SMILES string of the molecule is CN1CCC2C(C1)c1ccccc1N2Cc1ccc(NOCc2ccc(B(O)O)cc2)cc1. The predicted molar refractivity (Wildman–Crippen MR) is 132 cm³/mol. The summed E-state index contributed by atoms with van der Waals surface area (Å²) in [4.78, 5) is 10.7. The number of hydrogen-bond donors (Lipinski definition) is 3. The van der Waals surface area contributed by atoms with Crippen LogP contribution in [-0.2, 0) is 18.0 Å². The molecule has 0 saturated carbocycles. The molecule has 2 aliphatic rings. The van der Waals surface area contributed by atoms with Gasteiger partial charge in [0.1, 0.15) is 0 Å². The number of piperidine rings is 1. The van der Waals surface area contributed by atoms with Gasteiger partial charge < -0.3 is 19.8 Å². The molecule has 33 heavy (non-hydrogen) atoms. The summed E-state index contributed by atoms with van der Waals surface area (Å²) in [5.74, 6) is 0.587. The maximum Gasteiger partial charge on any atom is 0.488 e. The van der Waals surface area contributed by atoms with Crippen LogP contribution in [0.4, 0.5) is 11.4 Å². The molecule has 0 amide bonds. The van der Waals surface area contributed by atoms with Crippen LogP contribution in [0.1, 0.15) is 29.0 Å². The third kappa shape index (κ3) is 4.77. The standard InChI is InChI=1S/C26H30BN3O3/c1-29-15-14-26-24(17-29)23-4-2-3-5-25(23)30(26)16-19-8-12-22(13-9-19)28-33-18-20-6-10-21(11-7-20)27(31)32/h2-13,24,26,28,31-32H,14-18H2,1H3. The Morgan fingerprint density at radius 2 is 1.70 bits per heavy atom. The van der Waals surface area contributed by atoms with Gasteiger partial charge in [-0.2, -0.15) is 0 Å². The topological polar surface area (TPSA) is 68.2 Å². The average Bonchev–Trinajstić information content (AvgIpc) is 3.13. The van der Waals surface area contributed by atoms with Gasteiger partial charge in [-0.3, -0.25) is 10.3 Å². The molecule has 2 heterocycles. The van der Waals surface area contributed by atoms with Crippen molar-refractivity contribution in [3.63, 3.8) is 0 Å². The molecule has 2 unspecified atom stereocenters. The number of nitrogens with one attached hydrogen (secondary N) is 1. The van der Waals surface area contributed by atoms with Gasteiger partial charge in [0.15, 0.2) is 0 Å². The van der Waals surface area contributed by atoms with Crippen molar-refractivity contribution >= 4 is 24.0 Å². The van der Waals surface area contributed by atoms with Crippen LogP contribution in [0.25, 0.3) is 0 Å². The summed E-state index contributed by atoms with van der Waals surface area (Å²) in [5.41, 5.74) is 9.47. The molecule has 5 rings (SSSR count). The van der Waals surface area contributed by atoms with Crippen molar-refractivity contribution in [1.82, 2.24) is 4.90 Å². The lowest BCUT2D eigenvalue weighted by Crippen LogP contribution is -2.44. The van der Waals surface area contributed by atoms with E-state index >= 15 is 0 Å². The van der Waals surface area contributed by atoms with E-state index in [1.54, 1.807) is 12.1 Å². The fourth-order valence-corrected chi connectivity index (χ4v) is 5.09. The monoisotopic (exact) mass is 443 g/mol. The Hall–Kier alpha value is -2.84. The Bertz CT molecular complexity index is 1070. The summed E-state index contributed by atoms with van der Waals surface area (Å²) < 4.78 is 0. The molecule has 7 heteroatoms. The van der Waals surface area contributed by atoms with Gasteiger partial charge in [0.25, 0.3) is 0 Å². The summed E-state index contributed by atoms with van der Waals surface area (Å²) in [6.45, 7) is 3.56. The Morgan fingerprint density at radius 3 is 2.45 bits per heavy atom. The molecule has 0 bridgehead atoms. The summed E-state index contributed by atoms with van der Waals surface area (Å²) in [6, 6.07) is 24.9. The molecule has 0 radical (unpaired) electrons. The molecule has 3 aromatic rings. The van der Waals surface area contributed by atoms with E-state index in [9.17, 15) is 10.0 Å². The highest BCUT2D eigenvalue weighted by molar-refractivity contribution is 6.58. The molecule has 2 aliphatic heterocycles. The van der Waals surface area contributed by atoms with Crippen molar-refractivity contribution < 1.29 is 14.9 Å². The van der Waals surface area contributed by atoms with E-state index in [2.05, 4.69) is 70.9 Å². The number of hydrogen-bond acceptors (Lipinski definition) is 6. The van der Waals surface area contributed by atoms with Crippen LogP contribution >= 0.6 is 0 Å². The first kappa shape index (κ1) is 22.0. The Kier molecular flexibility index (Phi) is 6.38. The molecule has 0 spiro atoms. The van der Waals surface area contributed by atoms with E-state index < -0.39 is 7.12 Å². The smallest absolute Gasteiger partial charge is 0.423 e. The molecule has 1 saturated heterocycles. The van der Waals surface area contributed by atoms with Gasteiger partial charge >= 0.3 is 7.12 Å². The number of anilines is 2. The Labute approximate surface area is 195 Å². The summed E-state index contributed by atoms with van der Waals surface area (Å²) >= 11 is 0. The van der Waals surface area contributed by atoms with E-state index in [4.69, 9.17) is 4.84 Å². The van der Waals surface area contributed by atoms with Crippen LogP contribution < -0.4 is 15.8 Å². The zero-order valence-corrected chi connectivity index (χ0v) is 18.9. The molecular formula is C26H30BN3O3. The highest BCUT2D eigenvalue weighted by atomic mass is 16.6. The van der Waals surface area contributed by atoms with Gasteiger partial charge in [0.2, 0.25) is 0 Å². The normalized spacial score (nSPS) is 19.8. The minimum atomic E-state index is -1.45. The maximum absolute atomic E-state index is 9.17. The molecular weight excluding hydrogens is 413 g/mol. The number of likely N-dealkylation sites (tertiary alicyclic amines) is 1. The van der Waals surface area contributed by atoms with Crippen molar-refractivity contribution in [2.45, 2.75) is 31.5 Å². The molecule has 0 aliphatic carbocycles. The Morgan fingerprint density at radius 1 is 0.970 bits per heavy atom. The zero-order chi connectivity index (χ0) is 22.8.